The standard InChI is InChI=1S/C11H13Br2NO/c1-11(7-12)3-2-10(15-11)8-4-9(13)6-14-5-8/h4-6,10H,2-3,7H2,1H3. The molecular weight excluding hydrogens is 322 g/mol. The van der Waals surface area contributed by atoms with Gasteiger partial charge in [-0.3, -0.25) is 4.98 Å². The molecule has 1 aliphatic rings. The van der Waals surface area contributed by atoms with E-state index in [0.29, 0.717) is 0 Å². The maximum Gasteiger partial charge on any atom is 0.0849 e. The first kappa shape index (κ1) is 11.6. The minimum Gasteiger partial charge on any atom is -0.366 e. The Morgan fingerprint density at radius 1 is 1.60 bits per heavy atom. The summed E-state index contributed by atoms with van der Waals surface area (Å²) >= 11 is 6.92. The zero-order valence-corrected chi connectivity index (χ0v) is 11.7. The Morgan fingerprint density at radius 3 is 3.00 bits per heavy atom. The quantitative estimate of drug-likeness (QED) is 0.766. The summed E-state index contributed by atoms with van der Waals surface area (Å²) in [4.78, 5) is 4.16. The lowest BCUT2D eigenvalue weighted by molar-refractivity contribution is -0.0122. The molecule has 0 amide bonds. The molecular formula is C11H13Br2NO. The maximum absolute atomic E-state index is 6.03. The minimum absolute atomic E-state index is 0.0208. The van der Waals surface area contributed by atoms with Gasteiger partial charge in [-0.25, -0.2) is 0 Å². The summed E-state index contributed by atoms with van der Waals surface area (Å²) in [5, 5.41) is 0.887. The van der Waals surface area contributed by atoms with Gasteiger partial charge in [0.1, 0.15) is 0 Å². The highest BCUT2D eigenvalue weighted by Crippen LogP contribution is 2.40. The van der Waals surface area contributed by atoms with Gasteiger partial charge in [0.05, 0.1) is 11.7 Å². The lowest BCUT2D eigenvalue weighted by atomic mass is 10.0. The summed E-state index contributed by atoms with van der Waals surface area (Å²) in [5.74, 6) is 0. The summed E-state index contributed by atoms with van der Waals surface area (Å²) in [7, 11) is 0. The Hall–Kier alpha value is 0.0700. The van der Waals surface area contributed by atoms with Crippen LogP contribution in [0.25, 0.3) is 0 Å². The van der Waals surface area contributed by atoms with Crippen LogP contribution in [-0.4, -0.2) is 15.9 Å². The maximum atomic E-state index is 6.03. The van der Waals surface area contributed by atoms with Gasteiger partial charge in [0.2, 0.25) is 0 Å². The van der Waals surface area contributed by atoms with Crippen molar-refractivity contribution >= 4 is 31.9 Å². The minimum atomic E-state index is -0.0208. The highest BCUT2D eigenvalue weighted by Gasteiger charge is 2.35. The molecule has 2 nitrogen and oxygen atoms in total. The lowest BCUT2D eigenvalue weighted by Crippen LogP contribution is -2.25. The summed E-state index contributed by atoms with van der Waals surface area (Å²) in [5.41, 5.74) is 1.14. The zero-order chi connectivity index (χ0) is 10.9. The van der Waals surface area contributed by atoms with Gasteiger partial charge >= 0.3 is 0 Å². The van der Waals surface area contributed by atoms with Gasteiger partial charge < -0.3 is 4.74 Å². The Morgan fingerprint density at radius 2 is 2.40 bits per heavy atom. The van der Waals surface area contributed by atoms with E-state index < -0.39 is 0 Å². The van der Waals surface area contributed by atoms with Crippen molar-refractivity contribution < 1.29 is 4.74 Å². The third-order valence-corrected chi connectivity index (χ3v) is 4.36. The first-order valence-corrected chi connectivity index (χ1v) is 6.89. The van der Waals surface area contributed by atoms with Crippen molar-refractivity contribution in [2.45, 2.75) is 31.5 Å². The number of ether oxygens (including phenoxy) is 1. The normalized spacial score (nSPS) is 30.7. The van der Waals surface area contributed by atoms with Crippen LogP contribution in [0.5, 0.6) is 0 Å². The zero-order valence-electron chi connectivity index (χ0n) is 8.54. The van der Waals surface area contributed by atoms with Crippen molar-refractivity contribution in [2.75, 3.05) is 5.33 Å². The number of pyridine rings is 1. The molecule has 0 N–H and O–H groups in total. The van der Waals surface area contributed by atoms with Gasteiger partial charge in [0.15, 0.2) is 0 Å². The van der Waals surface area contributed by atoms with E-state index >= 15 is 0 Å². The van der Waals surface area contributed by atoms with Crippen LogP contribution < -0.4 is 0 Å². The third-order valence-electron chi connectivity index (χ3n) is 2.74. The van der Waals surface area contributed by atoms with Gasteiger partial charge in [0, 0.05) is 27.8 Å². The summed E-state index contributed by atoms with van der Waals surface area (Å²) in [6.45, 7) is 2.15. The number of hydrogen-bond donors (Lipinski definition) is 0. The molecule has 0 radical (unpaired) electrons. The van der Waals surface area contributed by atoms with Crippen molar-refractivity contribution in [1.29, 1.82) is 0 Å². The fraction of sp³-hybridized carbons (Fsp3) is 0.545. The first-order chi connectivity index (χ1) is 7.13. The molecule has 2 heterocycles. The van der Waals surface area contributed by atoms with Crippen LogP contribution in [0.15, 0.2) is 22.9 Å². The van der Waals surface area contributed by atoms with E-state index in [2.05, 4.69) is 49.8 Å². The smallest absolute Gasteiger partial charge is 0.0849 e. The van der Waals surface area contributed by atoms with E-state index in [4.69, 9.17) is 4.74 Å². The summed E-state index contributed by atoms with van der Waals surface area (Å²) in [6.07, 6.45) is 6.03. The molecule has 82 valence electrons. The van der Waals surface area contributed by atoms with Gasteiger partial charge in [-0.1, -0.05) is 15.9 Å². The van der Waals surface area contributed by atoms with Crippen molar-refractivity contribution in [1.82, 2.24) is 4.98 Å². The van der Waals surface area contributed by atoms with Crippen LogP contribution in [0.3, 0.4) is 0 Å². The third kappa shape index (κ3) is 2.60. The summed E-state index contributed by atoms with van der Waals surface area (Å²) < 4.78 is 7.04. The number of halogens is 2. The number of alkyl halides is 1. The molecule has 2 rings (SSSR count). The van der Waals surface area contributed by atoms with E-state index in [1.54, 1.807) is 6.20 Å². The molecule has 0 bridgehead atoms. The average molecular weight is 335 g/mol. The van der Waals surface area contributed by atoms with E-state index in [0.717, 1.165) is 28.2 Å². The second kappa shape index (κ2) is 4.52. The molecule has 4 heteroatoms. The molecule has 0 aromatic carbocycles. The molecule has 2 unspecified atom stereocenters. The molecule has 0 aliphatic carbocycles. The van der Waals surface area contributed by atoms with Crippen molar-refractivity contribution in [3.05, 3.63) is 28.5 Å². The van der Waals surface area contributed by atoms with Gasteiger partial charge in [-0.2, -0.15) is 0 Å². The first-order valence-electron chi connectivity index (χ1n) is 4.97. The number of nitrogens with zero attached hydrogens (tertiary/aromatic N) is 1. The fourth-order valence-corrected chi connectivity index (χ4v) is 2.63. The molecule has 0 saturated carbocycles. The molecule has 1 fully saturated rings. The van der Waals surface area contributed by atoms with Gasteiger partial charge in [-0.15, -0.1) is 0 Å². The van der Waals surface area contributed by atoms with Crippen molar-refractivity contribution in [2.24, 2.45) is 0 Å². The second-order valence-corrected chi connectivity index (χ2v) is 5.64. The summed E-state index contributed by atoms with van der Waals surface area (Å²) in [6, 6.07) is 2.08. The lowest BCUT2D eigenvalue weighted by Gasteiger charge is -2.22. The number of aromatic nitrogens is 1. The monoisotopic (exact) mass is 333 g/mol. The topological polar surface area (TPSA) is 22.1 Å². The van der Waals surface area contributed by atoms with E-state index in [1.165, 1.54) is 0 Å². The van der Waals surface area contributed by atoms with E-state index in [1.807, 2.05) is 6.20 Å². The van der Waals surface area contributed by atoms with Crippen molar-refractivity contribution in [3.63, 3.8) is 0 Å². The van der Waals surface area contributed by atoms with E-state index in [9.17, 15) is 0 Å². The molecule has 1 saturated heterocycles. The van der Waals surface area contributed by atoms with Gasteiger partial charge in [0.25, 0.3) is 0 Å². The Balaban J connectivity index is 2.14. The Kier molecular flexibility index (Phi) is 3.48. The Bertz CT molecular complexity index is 358. The van der Waals surface area contributed by atoms with Crippen LogP contribution >= 0.6 is 31.9 Å². The van der Waals surface area contributed by atoms with Crippen LogP contribution in [0.4, 0.5) is 0 Å². The molecule has 0 spiro atoms. The molecule has 1 aromatic rings. The SMILES string of the molecule is CC1(CBr)CCC(c2cncc(Br)c2)O1. The second-order valence-electron chi connectivity index (χ2n) is 4.17. The van der Waals surface area contributed by atoms with Crippen LogP contribution in [0, 0.1) is 0 Å². The van der Waals surface area contributed by atoms with E-state index in [-0.39, 0.29) is 11.7 Å². The fourth-order valence-electron chi connectivity index (χ4n) is 1.84. The van der Waals surface area contributed by atoms with Crippen LogP contribution in [0.2, 0.25) is 0 Å². The largest absolute Gasteiger partial charge is 0.366 e. The molecule has 2 atom stereocenters. The predicted octanol–water partition coefficient (Wildman–Crippen LogP) is 3.85. The number of hydrogen-bond acceptors (Lipinski definition) is 2. The van der Waals surface area contributed by atoms with Crippen LogP contribution in [0.1, 0.15) is 31.4 Å². The Labute approximate surface area is 107 Å². The van der Waals surface area contributed by atoms with Crippen molar-refractivity contribution in [3.8, 4) is 0 Å². The predicted molar refractivity (Wildman–Crippen MR) is 67.2 cm³/mol. The average Bonchev–Trinajstić information content (AvgIpc) is 2.62. The van der Waals surface area contributed by atoms with Gasteiger partial charge in [-0.05, 0) is 41.8 Å². The molecule has 15 heavy (non-hydrogen) atoms. The highest BCUT2D eigenvalue weighted by atomic mass is 79.9. The molecule has 1 aromatic heterocycles. The number of rotatable bonds is 2. The highest BCUT2D eigenvalue weighted by molar-refractivity contribution is 9.10. The van der Waals surface area contributed by atoms with Crippen LogP contribution in [-0.2, 0) is 4.74 Å². The molecule has 1 aliphatic heterocycles.